The molecule has 114 valence electrons. The summed E-state index contributed by atoms with van der Waals surface area (Å²) in [4.78, 5) is 24.7. The second-order valence-corrected chi connectivity index (χ2v) is 5.49. The summed E-state index contributed by atoms with van der Waals surface area (Å²) >= 11 is 11.9. The van der Waals surface area contributed by atoms with Crippen molar-refractivity contribution < 1.29 is 14.3 Å². The predicted molar refractivity (Wildman–Crippen MR) is 84.3 cm³/mol. The lowest BCUT2D eigenvalue weighted by Crippen LogP contribution is -2.33. The lowest BCUT2D eigenvalue weighted by atomic mass is 10.1. The van der Waals surface area contributed by atoms with Crippen LogP contribution in [0.5, 0.6) is 0 Å². The number of halogens is 2. The molecule has 4 nitrogen and oxygen atoms in total. The third-order valence-corrected chi connectivity index (χ3v) is 3.47. The molecule has 1 rings (SSSR count). The second-order valence-electron chi connectivity index (χ2n) is 4.64. The van der Waals surface area contributed by atoms with Crippen LogP contribution in [0.4, 0.5) is 0 Å². The van der Waals surface area contributed by atoms with Crippen molar-refractivity contribution in [1.29, 1.82) is 0 Å². The zero-order chi connectivity index (χ0) is 16.0. The highest BCUT2D eigenvalue weighted by molar-refractivity contribution is 6.34. The lowest BCUT2D eigenvalue weighted by molar-refractivity contribution is -0.145. The van der Waals surface area contributed by atoms with Crippen LogP contribution in [0.3, 0.4) is 0 Å². The third-order valence-electron chi connectivity index (χ3n) is 2.89. The first-order chi connectivity index (χ1) is 9.85. The molecule has 0 bridgehead atoms. The minimum absolute atomic E-state index is 0.234. The summed E-state index contributed by atoms with van der Waals surface area (Å²) in [5, 5.41) is 1.05. The molecule has 1 amide bonds. The summed E-state index contributed by atoms with van der Waals surface area (Å²) in [6, 6.07) is 5.01. The highest BCUT2D eigenvalue weighted by Gasteiger charge is 2.17. The number of esters is 1. The Labute approximate surface area is 134 Å². The van der Waals surface area contributed by atoms with Gasteiger partial charge in [0.2, 0.25) is 5.91 Å². The summed E-state index contributed by atoms with van der Waals surface area (Å²) < 4.78 is 4.62. The van der Waals surface area contributed by atoms with Gasteiger partial charge in [0.15, 0.2) is 0 Å². The fraction of sp³-hybridized carbons (Fsp3) is 0.333. The molecule has 1 atom stereocenters. The Morgan fingerprint density at radius 3 is 2.67 bits per heavy atom. The molecule has 1 unspecified atom stereocenters. The van der Waals surface area contributed by atoms with Gasteiger partial charge in [-0.25, -0.2) is 0 Å². The molecule has 0 spiro atoms. The Morgan fingerprint density at radius 1 is 1.38 bits per heavy atom. The summed E-state index contributed by atoms with van der Waals surface area (Å²) in [5.74, 6) is -0.967. The summed E-state index contributed by atoms with van der Waals surface area (Å²) in [7, 11) is 2.94. The van der Waals surface area contributed by atoms with Crippen molar-refractivity contribution in [3.63, 3.8) is 0 Å². The number of hydrogen-bond acceptors (Lipinski definition) is 3. The number of methoxy groups -OCH3 is 1. The van der Waals surface area contributed by atoms with Crippen molar-refractivity contribution in [3.8, 4) is 0 Å². The molecule has 21 heavy (non-hydrogen) atoms. The van der Waals surface area contributed by atoms with Crippen LogP contribution < -0.4 is 0 Å². The minimum Gasteiger partial charge on any atom is -0.469 e. The van der Waals surface area contributed by atoms with Gasteiger partial charge < -0.3 is 9.64 Å². The molecule has 0 radical (unpaired) electrons. The first-order valence-corrected chi connectivity index (χ1v) is 7.06. The van der Waals surface area contributed by atoms with Gasteiger partial charge in [0.25, 0.3) is 0 Å². The number of benzene rings is 1. The molecule has 1 aromatic carbocycles. The van der Waals surface area contributed by atoms with E-state index in [-0.39, 0.29) is 24.3 Å². The first-order valence-electron chi connectivity index (χ1n) is 6.31. The maximum Gasteiger partial charge on any atom is 0.310 e. The normalized spacial score (nSPS) is 12.2. The van der Waals surface area contributed by atoms with Crippen molar-refractivity contribution in [2.45, 2.75) is 6.92 Å². The van der Waals surface area contributed by atoms with Crippen LogP contribution in [-0.4, -0.2) is 37.5 Å². The first kappa shape index (κ1) is 17.5. The monoisotopic (exact) mass is 329 g/mol. The smallest absolute Gasteiger partial charge is 0.310 e. The molecule has 0 saturated heterocycles. The molecule has 1 aromatic rings. The number of carbonyl (C=O) groups excluding carboxylic acids is 2. The highest BCUT2D eigenvalue weighted by atomic mass is 35.5. The van der Waals surface area contributed by atoms with Crippen LogP contribution in [-0.2, 0) is 14.3 Å². The Hall–Kier alpha value is -1.52. The minimum atomic E-state index is -0.382. The van der Waals surface area contributed by atoms with Gasteiger partial charge in [-0.3, -0.25) is 9.59 Å². The topological polar surface area (TPSA) is 46.6 Å². The molecular formula is C15H17Cl2NO3. The maximum absolute atomic E-state index is 12.0. The van der Waals surface area contributed by atoms with Crippen LogP contribution in [0.25, 0.3) is 6.08 Å². The number of hydrogen-bond donors (Lipinski definition) is 0. The molecule has 0 aromatic heterocycles. The molecular weight excluding hydrogens is 313 g/mol. The summed E-state index contributed by atoms with van der Waals surface area (Å²) in [6.45, 7) is 1.98. The number of amides is 1. The Kier molecular flexibility index (Phi) is 6.72. The number of likely N-dealkylation sites (N-methyl/N-ethyl adjacent to an activating group) is 1. The van der Waals surface area contributed by atoms with Crippen LogP contribution in [0.15, 0.2) is 24.3 Å². The standard InChI is InChI=1S/C15H17Cl2NO3/c1-10(15(20)21-3)9-18(2)14(19)7-4-11-8-12(16)5-6-13(11)17/h4-8,10H,9H2,1-3H3. The summed E-state index contributed by atoms with van der Waals surface area (Å²) in [6.07, 6.45) is 2.98. The molecule has 0 N–H and O–H groups in total. The summed E-state index contributed by atoms with van der Waals surface area (Å²) in [5.41, 5.74) is 0.659. The number of carbonyl (C=O) groups is 2. The molecule has 0 fully saturated rings. The third kappa shape index (κ3) is 5.40. The van der Waals surface area contributed by atoms with Crippen molar-refractivity contribution in [3.05, 3.63) is 39.9 Å². The van der Waals surface area contributed by atoms with Crippen molar-refractivity contribution in [1.82, 2.24) is 4.90 Å². The maximum atomic E-state index is 12.0. The van der Waals surface area contributed by atoms with Gasteiger partial charge in [0.1, 0.15) is 0 Å². The number of ether oxygens (including phenoxy) is 1. The predicted octanol–water partition coefficient (Wildman–Crippen LogP) is 3.27. The van der Waals surface area contributed by atoms with Crippen molar-refractivity contribution >= 4 is 41.2 Å². The lowest BCUT2D eigenvalue weighted by Gasteiger charge is -2.18. The van der Waals surface area contributed by atoms with E-state index in [9.17, 15) is 9.59 Å². The fourth-order valence-electron chi connectivity index (χ4n) is 1.71. The van der Waals surface area contributed by atoms with Crippen LogP contribution in [0, 0.1) is 5.92 Å². The Bertz CT molecular complexity index is 558. The quantitative estimate of drug-likeness (QED) is 0.615. The fourth-order valence-corrected chi connectivity index (χ4v) is 2.07. The van der Waals surface area contributed by atoms with Gasteiger partial charge >= 0.3 is 5.97 Å². The SMILES string of the molecule is COC(=O)C(C)CN(C)C(=O)C=Cc1cc(Cl)ccc1Cl. The van der Waals surface area contributed by atoms with Gasteiger partial charge in [0.05, 0.1) is 13.0 Å². The zero-order valence-corrected chi connectivity index (χ0v) is 13.6. The average molecular weight is 330 g/mol. The average Bonchev–Trinajstić information content (AvgIpc) is 2.46. The Balaban J connectivity index is 2.69. The largest absolute Gasteiger partial charge is 0.469 e. The van der Waals surface area contributed by atoms with E-state index in [1.165, 1.54) is 18.1 Å². The van der Waals surface area contributed by atoms with Gasteiger partial charge in [-0.2, -0.15) is 0 Å². The van der Waals surface area contributed by atoms with E-state index < -0.39 is 0 Å². The van der Waals surface area contributed by atoms with E-state index in [1.807, 2.05) is 0 Å². The van der Waals surface area contributed by atoms with E-state index in [2.05, 4.69) is 4.74 Å². The number of nitrogens with zero attached hydrogens (tertiary/aromatic N) is 1. The van der Waals surface area contributed by atoms with Gasteiger partial charge in [0, 0.05) is 29.7 Å². The number of rotatable bonds is 5. The highest BCUT2D eigenvalue weighted by Crippen LogP contribution is 2.21. The van der Waals surface area contributed by atoms with Crippen LogP contribution >= 0.6 is 23.2 Å². The zero-order valence-electron chi connectivity index (χ0n) is 12.1. The van der Waals surface area contributed by atoms with E-state index in [0.717, 1.165) is 0 Å². The van der Waals surface area contributed by atoms with E-state index in [4.69, 9.17) is 23.2 Å². The Morgan fingerprint density at radius 2 is 2.05 bits per heavy atom. The van der Waals surface area contributed by atoms with Gasteiger partial charge in [-0.05, 0) is 29.8 Å². The molecule has 0 aliphatic heterocycles. The van der Waals surface area contributed by atoms with Crippen molar-refractivity contribution in [2.75, 3.05) is 20.7 Å². The molecule has 0 saturated carbocycles. The van der Waals surface area contributed by atoms with E-state index in [0.29, 0.717) is 15.6 Å². The molecule has 0 aliphatic carbocycles. The second kappa shape index (κ2) is 8.05. The van der Waals surface area contributed by atoms with Crippen LogP contribution in [0.1, 0.15) is 12.5 Å². The van der Waals surface area contributed by atoms with Gasteiger partial charge in [-0.15, -0.1) is 0 Å². The van der Waals surface area contributed by atoms with Crippen LogP contribution in [0.2, 0.25) is 10.0 Å². The molecule has 0 aliphatic rings. The van der Waals surface area contributed by atoms with Crippen molar-refractivity contribution in [2.24, 2.45) is 5.92 Å². The van der Waals surface area contributed by atoms with E-state index >= 15 is 0 Å². The molecule has 6 heteroatoms. The van der Waals surface area contributed by atoms with Gasteiger partial charge in [-0.1, -0.05) is 30.1 Å². The molecule has 0 heterocycles. The van der Waals surface area contributed by atoms with E-state index in [1.54, 1.807) is 38.2 Å².